The van der Waals surface area contributed by atoms with Crippen LogP contribution in [-0.2, 0) is 0 Å². The van der Waals surface area contributed by atoms with Gasteiger partial charge in [0.05, 0.1) is 5.56 Å². The van der Waals surface area contributed by atoms with Gasteiger partial charge in [-0.3, -0.25) is 9.78 Å². The Kier molecular flexibility index (Phi) is 4.39. The number of pyridine rings is 1. The lowest BCUT2D eigenvalue weighted by molar-refractivity contribution is 0.0879. The minimum atomic E-state index is 0.0121. The van der Waals surface area contributed by atoms with E-state index in [0.29, 0.717) is 11.6 Å². The maximum atomic E-state index is 12.3. The van der Waals surface area contributed by atoms with E-state index < -0.39 is 0 Å². The van der Waals surface area contributed by atoms with Crippen molar-refractivity contribution in [3.63, 3.8) is 0 Å². The topological polar surface area (TPSA) is 42.0 Å². The Bertz CT molecular complexity index is 491. The highest BCUT2D eigenvalue weighted by Gasteiger charge is 2.32. The first kappa shape index (κ1) is 14.1. The van der Waals surface area contributed by atoms with Gasteiger partial charge in [-0.15, -0.1) is 0 Å². The third-order valence-electron chi connectivity index (χ3n) is 4.84. The molecule has 0 unspecified atom stereocenters. The van der Waals surface area contributed by atoms with Crippen molar-refractivity contribution in [2.24, 2.45) is 11.8 Å². The van der Waals surface area contributed by atoms with Crippen LogP contribution in [0.15, 0.2) is 22.9 Å². The Hall–Kier alpha value is -0.900. The molecule has 2 aliphatic carbocycles. The largest absolute Gasteiger partial charge is 0.349 e. The van der Waals surface area contributed by atoms with Crippen LogP contribution in [-0.4, -0.2) is 16.9 Å². The molecule has 0 spiro atoms. The van der Waals surface area contributed by atoms with Gasteiger partial charge in [0, 0.05) is 22.9 Å². The minimum Gasteiger partial charge on any atom is -0.349 e. The van der Waals surface area contributed by atoms with E-state index in [1.54, 1.807) is 12.4 Å². The Labute approximate surface area is 128 Å². The zero-order valence-electron chi connectivity index (χ0n) is 11.6. The molecule has 0 radical (unpaired) electrons. The summed E-state index contributed by atoms with van der Waals surface area (Å²) in [7, 11) is 0. The maximum Gasteiger partial charge on any atom is 0.253 e. The van der Waals surface area contributed by atoms with Crippen LogP contribution in [0.25, 0.3) is 0 Å². The molecule has 20 heavy (non-hydrogen) atoms. The first-order valence-corrected chi connectivity index (χ1v) is 8.43. The molecule has 1 N–H and O–H groups in total. The molecule has 0 saturated heterocycles. The average Bonchev–Trinajstić information content (AvgIpc) is 2.47. The fraction of sp³-hybridized carbons (Fsp3) is 0.625. The van der Waals surface area contributed by atoms with E-state index in [4.69, 9.17) is 0 Å². The number of nitrogens with one attached hydrogen (secondary N) is 1. The Morgan fingerprint density at radius 3 is 2.75 bits per heavy atom. The minimum absolute atomic E-state index is 0.0121. The van der Waals surface area contributed by atoms with Gasteiger partial charge in [0.1, 0.15) is 0 Å². The van der Waals surface area contributed by atoms with E-state index in [-0.39, 0.29) is 5.91 Å². The summed E-state index contributed by atoms with van der Waals surface area (Å²) in [5, 5.41) is 3.20. The van der Waals surface area contributed by atoms with E-state index in [0.717, 1.165) is 29.2 Å². The molecular weight excluding hydrogens is 316 g/mol. The molecule has 3 rings (SSSR count). The summed E-state index contributed by atoms with van der Waals surface area (Å²) in [6.45, 7) is 0. The number of amides is 1. The fourth-order valence-electron chi connectivity index (χ4n) is 3.81. The monoisotopic (exact) mass is 336 g/mol. The summed E-state index contributed by atoms with van der Waals surface area (Å²) in [4.78, 5) is 16.3. The molecule has 2 aliphatic rings. The van der Waals surface area contributed by atoms with Crippen LogP contribution in [0.4, 0.5) is 0 Å². The zero-order chi connectivity index (χ0) is 13.9. The van der Waals surface area contributed by atoms with Gasteiger partial charge in [-0.2, -0.15) is 0 Å². The van der Waals surface area contributed by atoms with E-state index >= 15 is 0 Å². The van der Waals surface area contributed by atoms with Crippen LogP contribution in [0.5, 0.6) is 0 Å². The molecule has 4 heteroatoms. The molecule has 1 amide bonds. The predicted octanol–water partition coefficient (Wildman–Crippen LogP) is 3.93. The molecule has 0 aromatic carbocycles. The van der Waals surface area contributed by atoms with Gasteiger partial charge in [-0.25, -0.2) is 0 Å². The number of halogens is 1. The van der Waals surface area contributed by atoms with Crippen LogP contribution >= 0.6 is 15.9 Å². The van der Waals surface area contributed by atoms with Gasteiger partial charge in [0.15, 0.2) is 0 Å². The van der Waals surface area contributed by atoms with Crippen molar-refractivity contribution in [1.29, 1.82) is 0 Å². The summed E-state index contributed by atoms with van der Waals surface area (Å²) in [6, 6.07) is 2.18. The number of hydrogen-bond donors (Lipinski definition) is 1. The third-order valence-corrected chi connectivity index (χ3v) is 5.28. The summed E-state index contributed by atoms with van der Waals surface area (Å²) in [5.74, 6) is 1.77. The van der Waals surface area contributed by atoms with Gasteiger partial charge < -0.3 is 5.32 Å². The number of carbonyl (C=O) groups is 1. The van der Waals surface area contributed by atoms with Gasteiger partial charge in [0.25, 0.3) is 5.91 Å². The van der Waals surface area contributed by atoms with Crippen molar-refractivity contribution in [3.8, 4) is 0 Å². The summed E-state index contributed by atoms with van der Waals surface area (Å²) in [6.07, 6.45) is 12.4. The summed E-state index contributed by atoms with van der Waals surface area (Å²) < 4.78 is 0.848. The van der Waals surface area contributed by atoms with E-state index in [1.807, 2.05) is 6.07 Å². The van der Waals surface area contributed by atoms with Crippen molar-refractivity contribution in [1.82, 2.24) is 10.3 Å². The number of rotatable bonds is 2. The highest BCUT2D eigenvalue weighted by atomic mass is 79.9. The highest BCUT2D eigenvalue weighted by molar-refractivity contribution is 9.10. The van der Waals surface area contributed by atoms with Crippen LogP contribution < -0.4 is 5.32 Å². The Morgan fingerprint density at radius 2 is 1.95 bits per heavy atom. The molecule has 0 aliphatic heterocycles. The molecule has 3 nitrogen and oxygen atoms in total. The third kappa shape index (κ3) is 3.22. The fourth-order valence-corrected chi connectivity index (χ4v) is 4.17. The quantitative estimate of drug-likeness (QED) is 0.888. The lowest BCUT2D eigenvalue weighted by Crippen LogP contribution is -2.41. The average molecular weight is 337 g/mol. The predicted molar refractivity (Wildman–Crippen MR) is 82.5 cm³/mol. The lowest BCUT2D eigenvalue weighted by atomic mass is 9.69. The van der Waals surface area contributed by atoms with E-state index in [9.17, 15) is 4.79 Å². The molecular formula is C16H21BrN2O. The van der Waals surface area contributed by atoms with Gasteiger partial charge in [0.2, 0.25) is 0 Å². The number of carbonyl (C=O) groups excluding carboxylic acids is 1. The van der Waals surface area contributed by atoms with Gasteiger partial charge in [-0.05, 0) is 53.1 Å². The van der Waals surface area contributed by atoms with Crippen molar-refractivity contribution >= 4 is 21.8 Å². The zero-order valence-corrected chi connectivity index (χ0v) is 13.2. The number of hydrogen-bond acceptors (Lipinski definition) is 2. The van der Waals surface area contributed by atoms with Crippen LogP contribution in [0.2, 0.25) is 0 Å². The Balaban J connectivity index is 1.59. The molecule has 1 heterocycles. The normalized spacial score (nSPS) is 29.6. The number of aromatic nitrogens is 1. The van der Waals surface area contributed by atoms with Crippen molar-refractivity contribution < 1.29 is 4.79 Å². The maximum absolute atomic E-state index is 12.3. The standard InChI is InChI=1S/C16H21BrN2O/c17-14-7-13(9-18-10-14)16(20)19-15-6-5-11-3-1-2-4-12(11)8-15/h7,9-12,15H,1-6,8H2,(H,19,20)/t11-,12+,15-/m1/s1. The molecule has 1 aromatic heterocycles. The summed E-state index contributed by atoms with van der Waals surface area (Å²) >= 11 is 3.36. The SMILES string of the molecule is O=C(N[C@@H]1CC[C@H]2CCCC[C@H]2C1)c1cncc(Br)c1. The Morgan fingerprint density at radius 1 is 1.15 bits per heavy atom. The molecule has 0 bridgehead atoms. The molecule has 2 saturated carbocycles. The number of fused-ring (bicyclic) bond motifs is 1. The highest BCUT2D eigenvalue weighted by Crippen LogP contribution is 2.40. The van der Waals surface area contributed by atoms with E-state index in [1.165, 1.54) is 32.1 Å². The molecule has 2 fully saturated rings. The van der Waals surface area contributed by atoms with Crippen LogP contribution in [0.1, 0.15) is 55.3 Å². The second-order valence-electron chi connectivity index (χ2n) is 6.18. The molecule has 1 aromatic rings. The number of nitrogens with zero attached hydrogens (tertiary/aromatic N) is 1. The first-order chi connectivity index (χ1) is 9.72. The molecule has 3 atom stereocenters. The van der Waals surface area contributed by atoms with Gasteiger partial charge in [-0.1, -0.05) is 25.7 Å². The van der Waals surface area contributed by atoms with Crippen LogP contribution in [0.3, 0.4) is 0 Å². The lowest BCUT2D eigenvalue weighted by Gasteiger charge is -2.39. The van der Waals surface area contributed by atoms with Crippen molar-refractivity contribution in [2.45, 2.75) is 51.0 Å². The second kappa shape index (κ2) is 6.25. The van der Waals surface area contributed by atoms with Gasteiger partial charge >= 0.3 is 0 Å². The second-order valence-corrected chi connectivity index (χ2v) is 7.10. The van der Waals surface area contributed by atoms with Crippen molar-refractivity contribution in [3.05, 3.63) is 28.5 Å². The summed E-state index contributed by atoms with van der Waals surface area (Å²) in [5.41, 5.74) is 0.644. The van der Waals surface area contributed by atoms with E-state index in [2.05, 4.69) is 26.2 Å². The smallest absolute Gasteiger partial charge is 0.253 e. The van der Waals surface area contributed by atoms with Crippen molar-refractivity contribution in [2.75, 3.05) is 0 Å². The first-order valence-electron chi connectivity index (χ1n) is 7.64. The van der Waals surface area contributed by atoms with Crippen LogP contribution in [0, 0.1) is 11.8 Å². The molecule has 108 valence electrons.